The van der Waals surface area contributed by atoms with Gasteiger partial charge >= 0.3 is 17.6 Å². The Bertz CT molecular complexity index is 3030. The molecule has 7 atom stereocenters. The second kappa shape index (κ2) is 22.0. The predicted molar refractivity (Wildman–Crippen MR) is 277 cm³/mol. The lowest BCUT2D eigenvalue weighted by atomic mass is 9.68. The summed E-state index contributed by atoms with van der Waals surface area (Å²) in [6, 6.07) is 29.1. The molecule has 5 bridgehead atoms. The van der Waals surface area contributed by atoms with Crippen LogP contribution in [0, 0.1) is 23.7 Å². The van der Waals surface area contributed by atoms with Gasteiger partial charge in [0.2, 0.25) is 0 Å². The van der Waals surface area contributed by atoms with Crippen LogP contribution in [-0.4, -0.2) is 65.9 Å². The number of hydrogen-bond donors (Lipinski definition) is 3. The maximum Gasteiger partial charge on any atom is 0.340 e. The van der Waals surface area contributed by atoms with Gasteiger partial charge in [0.1, 0.15) is 11.3 Å². The number of aliphatic hydroxyl groups is 3. The fraction of sp³-hybridized carbons (Fsp3) is 0.435. The summed E-state index contributed by atoms with van der Waals surface area (Å²) < 4.78 is 33.1. The van der Waals surface area contributed by atoms with Crippen LogP contribution in [0.2, 0.25) is 0 Å². The quantitative estimate of drug-likeness (QED) is 0.0380. The maximum atomic E-state index is 15.4. The number of aryl methyl sites for hydroxylation is 1. The molecule has 0 amide bonds. The normalized spacial score (nSPS) is 25.2. The van der Waals surface area contributed by atoms with Crippen LogP contribution in [0.15, 0.2) is 117 Å². The van der Waals surface area contributed by atoms with Crippen LogP contribution >= 0.6 is 0 Å². The van der Waals surface area contributed by atoms with Crippen LogP contribution in [0.1, 0.15) is 145 Å². The number of esters is 2. The highest BCUT2D eigenvalue weighted by atomic mass is 16.6. The van der Waals surface area contributed by atoms with Gasteiger partial charge in [0, 0.05) is 66.8 Å². The molecule has 380 valence electrons. The number of hydrogen-bond acceptors (Lipinski definition) is 11. The van der Waals surface area contributed by atoms with Crippen molar-refractivity contribution in [1.29, 1.82) is 0 Å². The van der Waals surface area contributed by atoms with Crippen molar-refractivity contribution in [2.24, 2.45) is 11.8 Å². The third-order valence-electron chi connectivity index (χ3n) is 16.4. The molecule has 2 aliphatic carbocycles. The van der Waals surface area contributed by atoms with Gasteiger partial charge < -0.3 is 38.7 Å². The number of benzene rings is 4. The summed E-state index contributed by atoms with van der Waals surface area (Å²) in [5.74, 6) is 5.04. The molecule has 0 radical (unpaired) electrons. The first-order chi connectivity index (χ1) is 35.6. The zero-order valence-corrected chi connectivity index (χ0v) is 41.9. The summed E-state index contributed by atoms with van der Waals surface area (Å²) in [6.45, 7) is 0.670. The van der Waals surface area contributed by atoms with E-state index in [9.17, 15) is 20.1 Å². The number of ether oxygens (including phenoxy) is 4. The third-order valence-corrected chi connectivity index (χ3v) is 16.4. The van der Waals surface area contributed by atoms with Crippen LogP contribution in [0.4, 0.5) is 0 Å². The number of fused-ring (bicyclic) bond motifs is 9. The van der Waals surface area contributed by atoms with Gasteiger partial charge in [-0.05, 0) is 114 Å². The van der Waals surface area contributed by atoms with Gasteiger partial charge in [-0.3, -0.25) is 4.79 Å². The van der Waals surface area contributed by atoms with E-state index < -0.39 is 47.9 Å². The molecule has 1 aromatic heterocycles. The monoisotopic (exact) mass is 986 g/mol. The topological polar surface area (TPSA) is 162 Å². The van der Waals surface area contributed by atoms with Crippen molar-refractivity contribution in [2.75, 3.05) is 26.9 Å². The molecule has 4 heterocycles. The average Bonchev–Trinajstić information content (AvgIpc) is 3.40. The summed E-state index contributed by atoms with van der Waals surface area (Å²) in [6.07, 6.45) is 9.21. The number of methoxy groups -OCH3 is 1. The third kappa shape index (κ3) is 10.1. The van der Waals surface area contributed by atoms with Crippen LogP contribution < -0.4 is 10.4 Å². The standard InChI is InChI=1S/C62H66O11/c1-38(35-64)48-22-19-40-20-23-49-44(31-40)15-9-10-28-62(47-17-7-4-8-18-47)59(72-60(48)67)58(56-53(73-62)26-25-51-52(36-65)55(61(68)71-57(51)56)45(27-29-63)37-69-2)70-54(66)34-46-33-43(21-24-50(46)49)42-16-11-14-41(32-42)30-39-12-5-3-6-13-39/h3,5-6,11-14,16,20-21,23-26,31-32,43,45-47,50,58-59,63-65H,4,7-8,15,17-19,22,27-30,33-37H2,1-2H3. The second-order valence-corrected chi connectivity index (χ2v) is 20.9. The molecule has 3 aliphatic heterocycles. The molecule has 11 heteroatoms. The molecular formula is C62H66O11. The highest BCUT2D eigenvalue weighted by Crippen LogP contribution is 2.54. The van der Waals surface area contributed by atoms with E-state index in [1.807, 2.05) is 6.07 Å². The molecule has 73 heavy (non-hydrogen) atoms. The van der Waals surface area contributed by atoms with E-state index >= 15 is 9.59 Å². The second-order valence-electron chi connectivity index (χ2n) is 20.9. The molecule has 10 rings (SSSR count). The Hall–Kier alpha value is -6.29. The number of aliphatic hydroxyl groups excluding tert-OH is 3. The Morgan fingerprint density at radius 2 is 1.70 bits per heavy atom. The van der Waals surface area contributed by atoms with Crippen molar-refractivity contribution in [3.05, 3.63) is 169 Å². The van der Waals surface area contributed by atoms with Gasteiger partial charge in [-0.1, -0.05) is 116 Å². The van der Waals surface area contributed by atoms with E-state index in [4.69, 9.17) is 23.4 Å². The lowest BCUT2D eigenvalue weighted by molar-refractivity contribution is -0.204. The SMILES string of the molecule is COCC(CCO)c1c(CO)c2ccc3c(c2oc1=O)C1OC(=O)CC2CC(c4cccc(Cc5ccccc5)c4)C=CC2c2ccc4cc2CC#CCC(C2CCCCC2)(O3)C1OC(=O)C(=C(C)CO)CC4. The van der Waals surface area contributed by atoms with Crippen molar-refractivity contribution in [3.8, 4) is 17.6 Å². The Labute approximate surface area is 427 Å². The summed E-state index contributed by atoms with van der Waals surface area (Å²) in [4.78, 5) is 45.0. The van der Waals surface area contributed by atoms with Crippen molar-refractivity contribution in [1.82, 2.24) is 0 Å². The molecule has 1 saturated carbocycles. The number of carbonyl (C=O) groups excluding carboxylic acids is 2. The van der Waals surface area contributed by atoms with Crippen LogP contribution in [0.5, 0.6) is 5.75 Å². The van der Waals surface area contributed by atoms with Gasteiger partial charge in [0.25, 0.3) is 0 Å². The lowest BCUT2D eigenvalue weighted by Crippen LogP contribution is -2.60. The first-order valence-electron chi connectivity index (χ1n) is 26.2. The van der Waals surface area contributed by atoms with Crippen molar-refractivity contribution >= 4 is 22.9 Å². The fourth-order valence-corrected chi connectivity index (χ4v) is 12.7. The minimum Gasteiger partial charge on any atom is -0.481 e. The Balaban J connectivity index is 1.17. The van der Waals surface area contributed by atoms with Gasteiger partial charge in [-0.15, -0.1) is 0 Å². The Morgan fingerprint density at radius 3 is 2.48 bits per heavy atom. The van der Waals surface area contributed by atoms with E-state index in [1.165, 1.54) is 18.2 Å². The molecule has 1 fully saturated rings. The van der Waals surface area contributed by atoms with E-state index in [0.717, 1.165) is 60.8 Å². The number of rotatable bonds is 11. The van der Waals surface area contributed by atoms with E-state index in [0.29, 0.717) is 41.5 Å². The van der Waals surface area contributed by atoms with Crippen molar-refractivity contribution < 1.29 is 48.3 Å². The molecule has 11 nitrogen and oxygen atoms in total. The molecule has 5 aliphatic rings. The average molecular weight is 987 g/mol. The number of allylic oxidation sites excluding steroid dienone is 2. The zero-order chi connectivity index (χ0) is 50.6. The van der Waals surface area contributed by atoms with Gasteiger partial charge in [0.05, 0.1) is 31.8 Å². The lowest BCUT2D eigenvalue weighted by Gasteiger charge is -2.51. The fourth-order valence-electron chi connectivity index (χ4n) is 12.7. The van der Waals surface area contributed by atoms with E-state index in [2.05, 4.69) is 90.7 Å². The smallest absolute Gasteiger partial charge is 0.340 e. The highest BCUT2D eigenvalue weighted by Gasteiger charge is 2.59. The highest BCUT2D eigenvalue weighted by molar-refractivity contribution is 5.90. The minimum absolute atomic E-state index is 0.00489. The number of carbonyl (C=O) groups is 2. The Kier molecular flexibility index (Phi) is 15.2. The molecule has 5 aromatic rings. The molecule has 0 spiro atoms. The summed E-state index contributed by atoms with van der Waals surface area (Å²) in [5.41, 5.74) is 6.18. The summed E-state index contributed by atoms with van der Waals surface area (Å²) >= 11 is 0. The summed E-state index contributed by atoms with van der Waals surface area (Å²) in [5, 5.41) is 32.1. The zero-order valence-electron chi connectivity index (χ0n) is 41.9. The van der Waals surface area contributed by atoms with Crippen LogP contribution in [0.3, 0.4) is 0 Å². The minimum atomic E-state index is -1.36. The molecule has 0 saturated heterocycles. The van der Waals surface area contributed by atoms with Gasteiger partial charge in [-0.2, -0.15) is 0 Å². The van der Waals surface area contributed by atoms with Crippen molar-refractivity contribution in [3.63, 3.8) is 0 Å². The molecule has 4 aromatic carbocycles. The first-order valence-corrected chi connectivity index (χ1v) is 26.2. The first kappa shape index (κ1) is 50.3. The Morgan fingerprint density at radius 1 is 0.877 bits per heavy atom. The summed E-state index contributed by atoms with van der Waals surface area (Å²) in [7, 11) is 1.51. The van der Waals surface area contributed by atoms with Crippen molar-refractivity contribution in [2.45, 2.75) is 133 Å². The molecule has 3 N–H and O–H groups in total. The molecule has 7 unspecified atom stereocenters. The van der Waals surface area contributed by atoms with Gasteiger partial charge in [0.15, 0.2) is 17.8 Å². The van der Waals surface area contributed by atoms with Crippen LogP contribution in [-0.2, 0) is 49.7 Å². The van der Waals surface area contributed by atoms with E-state index in [1.54, 1.807) is 19.1 Å². The van der Waals surface area contributed by atoms with Crippen LogP contribution in [0.25, 0.3) is 11.0 Å². The predicted octanol–water partition coefficient (Wildman–Crippen LogP) is 9.93. The van der Waals surface area contributed by atoms with E-state index in [-0.39, 0.29) is 91.4 Å². The van der Waals surface area contributed by atoms with Gasteiger partial charge in [-0.25, -0.2) is 9.59 Å². The largest absolute Gasteiger partial charge is 0.481 e. The maximum absolute atomic E-state index is 15.4. The molecular weight excluding hydrogens is 921 g/mol.